The number of hydrogen-bond acceptors (Lipinski definition) is 5. The van der Waals surface area contributed by atoms with Crippen molar-refractivity contribution in [3.63, 3.8) is 0 Å². The molecule has 2 N–H and O–H groups in total. The molecular weight excluding hydrogens is 388 g/mol. The molecule has 8 heteroatoms. The van der Waals surface area contributed by atoms with Crippen molar-refractivity contribution >= 4 is 34.4 Å². The van der Waals surface area contributed by atoms with Gasteiger partial charge in [0.1, 0.15) is 5.82 Å². The number of methoxy groups -OCH3 is 1. The summed E-state index contributed by atoms with van der Waals surface area (Å²) in [5.41, 5.74) is 1.14. The zero-order valence-corrected chi connectivity index (χ0v) is 17.5. The third-order valence-corrected chi connectivity index (χ3v) is 5.24. The fourth-order valence-electron chi connectivity index (χ4n) is 3.02. The summed E-state index contributed by atoms with van der Waals surface area (Å²) in [5, 5.41) is 6.21. The molecule has 1 heterocycles. The van der Waals surface area contributed by atoms with Crippen molar-refractivity contribution in [2.24, 2.45) is 0 Å². The topological polar surface area (TPSA) is 85.2 Å². The van der Waals surface area contributed by atoms with Crippen LogP contribution in [0.1, 0.15) is 18.8 Å². The molecule has 1 aromatic heterocycles. The minimum atomic E-state index is -0.477. The van der Waals surface area contributed by atoms with Crippen molar-refractivity contribution in [3.05, 3.63) is 64.7 Å². The largest absolute Gasteiger partial charge is 0.383 e. The molecule has 7 nitrogen and oxygen atoms in total. The first-order valence-electron chi connectivity index (χ1n) is 9.23. The van der Waals surface area contributed by atoms with Gasteiger partial charge >= 0.3 is 6.03 Å². The Morgan fingerprint density at radius 3 is 2.62 bits per heavy atom. The molecule has 3 rings (SSSR count). The van der Waals surface area contributed by atoms with Gasteiger partial charge in [-0.2, -0.15) is 0 Å². The van der Waals surface area contributed by atoms with E-state index in [1.54, 1.807) is 42.5 Å². The third kappa shape index (κ3) is 4.96. The van der Waals surface area contributed by atoms with Gasteiger partial charge in [0, 0.05) is 17.7 Å². The van der Waals surface area contributed by atoms with Crippen molar-refractivity contribution in [3.8, 4) is 0 Å². The molecule has 0 radical (unpaired) electrons. The Bertz CT molecular complexity index is 1050. The van der Waals surface area contributed by atoms with E-state index in [4.69, 9.17) is 4.74 Å². The fourth-order valence-corrected chi connectivity index (χ4v) is 3.43. The Hall–Kier alpha value is -2.84. The van der Waals surface area contributed by atoms with Gasteiger partial charge in [0.25, 0.3) is 5.56 Å². The molecule has 0 unspecified atom stereocenters. The molecule has 0 aliphatic carbocycles. The van der Waals surface area contributed by atoms with E-state index in [1.807, 2.05) is 42.7 Å². The van der Waals surface area contributed by atoms with E-state index in [9.17, 15) is 9.59 Å². The van der Waals surface area contributed by atoms with E-state index in [1.165, 1.54) is 0 Å². The van der Waals surface area contributed by atoms with E-state index in [-0.39, 0.29) is 11.6 Å². The highest BCUT2D eigenvalue weighted by atomic mass is 32.2. The highest BCUT2D eigenvalue weighted by Gasteiger charge is 2.18. The molecule has 0 fully saturated rings. The van der Waals surface area contributed by atoms with Crippen molar-refractivity contribution in [1.82, 2.24) is 14.9 Å². The van der Waals surface area contributed by atoms with E-state index in [0.717, 1.165) is 4.90 Å². The lowest BCUT2D eigenvalue weighted by Crippen LogP contribution is -2.36. The number of hydrogen-bond donors (Lipinski definition) is 2. The number of ether oxygens (including phenoxy) is 1. The minimum Gasteiger partial charge on any atom is -0.383 e. The summed E-state index contributed by atoms with van der Waals surface area (Å²) in [7, 11) is 1.58. The molecule has 0 aliphatic heterocycles. The van der Waals surface area contributed by atoms with Crippen LogP contribution in [-0.4, -0.2) is 35.6 Å². The number of anilines is 1. The Labute approximate surface area is 173 Å². The van der Waals surface area contributed by atoms with Crippen LogP contribution in [0.2, 0.25) is 0 Å². The standard InChI is InChI=1S/C21H24N4O3S/c1-14(22-21(27)23-15-8-10-16(29-3)11-9-15)19-24-18-7-5-4-6-17(18)20(26)25(19)12-13-28-2/h4-11,14H,12-13H2,1-3H3,(H2,22,23,27)/t14-/m1/s1. The minimum absolute atomic E-state index is 0.149. The second-order valence-electron chi connectivity index (χ2n) is 6.49. The SMILES string of the molecule is COCCn1c([C@@H](C)NC(=O)Nc2ccc(SC)cc2)nc2ccccc2c1=O. The van der Waals surface area contributed by atoms with Gasteiger partial charge in [-0.3, -0.25) is 9.36 Å². The van der Waals surface area contributed by atoms with Crippen LogP contribution in [0.25, 0.3) is 10.9 Å². The number of fused-ring (bicyclic) bond motifs is 1. The van der Waals surface area contributed by atoms with Crippen LogP contribution in [-0.2, 0) is 11.3 Å². The van der Waals surface area contributed by atoms with Crippen LogP contribution >= 0.6 is 11.8 Å². The van der Waals surface area contributed by atoms with E-state index >= 15 is 0 Å². The highest BCUT2D eigenvalue weighted by molar-refractivity contribution is 7.98. The van der Waals surface area contributed by atoms with Gasteiger partial charge in [-0.25, -0.2) is 9.78 Å². The Morgan fingerprint density at radius 1 is 1.21 bits per heavy atom. The molecule has 0 saturated heterocycles. The van der Waals surface area contributed by atoms with E-state index < -0.39 is 6.04 Å². The lowest BCUT2D eigenvalue weighted by atomic mass is 10.2. The van der Waals surface area contributed by atoms with Gasteiger partial charge in [0.15, 0.2) is 0 Å². The quantitative estimate of drug-likeness (QED) is 0.579. The molecule has 2 amide bonds. The number of rotatable bonds is 7. The van der Waals surface area contributed by atoms with Gasteiger partial charge in [-0.05, 0) is 49.6 Å². The Kier molecular flexibility index (Phi) is 6.90. The normalized spacial score (nSPS) is 12.0. The number of para-hydroxylation sites is 1. The van der Waals surface area contributed by atoms with E-state index in [2.05, 4.69) is 15.6 Å². The zero-order chi connectivity index (χ0) is 20.8. The number of nitrogens with zero attached hydrogens (tertiary/aromatic N) is 2. The van der Waals surface area contributed by atoms with Crippen LogP contribution in [0, 0.1) is 0 Å². The maximum absolute atomic E-state index is 12.9. The van der Waals surface area contributed by atoms with Crippen molar-refractivity contribution in [2.75, 3.05) is 25.3 Å². The second kappa shape index (κ2) is 9.58. The third-order valence-electron chi connectivity index (χ3n) is 4.49. The average molecular weight is 413 g/mol. The number of urea groups is 1. The molecule has 1 atom stereocenters. The van der Waals surface area contributed by atoms with Gasteiger partial charge in [0.2, 0.25) is 0 Å². The lowest BCUT2D eigenvalue weighted by molar-refractivity contribution is 0.184. The summed E-state index contributed by atoms with van der Waals surface area (Å²) in [5.74, 6) is 0.485. The maximum atomic E-state index is 12.9. The van der Waals surface area contributed by atoms with Crippen LogP contribution in [0.15, 0.2) is 58.2 Å². The number of amides is 2. The summed E-state index contributed by atoms with van der Waals surface area (Å²) >= 11 is 1.64. The first-order chi connectivity index (χ1) is 14.0. The van der Waals surface area contributed by atoms with Crippen LogP contribution in [0.3, 0.4) is 0 Å². The van der Waals surface area contributed by atoms with Crippen molar-refractivity contribution < 1.29 is 9.53 Å². The number of carbonyl (C=O) groups excluding carboxylic acids is 1. The summed E-state index contributed by atoms with van der Waals surface area (Å²) in [6.07, 6.45) is 2.00. The summed E-state index contributed by atoms with van der Waals surface area (Å²) < 4.78 is 6.70. The molecule has 0 aliphatic rings. The predicted octanol–water partition coefficient (Wildman–Crippen LogP) is 3.65. The first kappa shape index (κ1) is 20.9. The van der Waals surface area contributed by atoms with Crippen molar-refractivity contribution in [2.45, 2.75) is 24.4 Å². The van der Waals surface area contributed by atoms with Crippen molar-refractivity contribution in [1.29, 1.82) is 0 Å². The maximum Gasteiger partial charge on any atom is 0.319 e. The highest BCUT2D eigenvalue weighted by Crippen LogP contribution is 2.18. The number of carbonyl (C=O) groups is 1. The molecule has 0 saturated carbocycles. The molecule has 29 heavy (non-hydrogen) atoms. The van der Waals surface area contributed by atoms with Gasteiger partial charge in [-0.1, -0.05) is 12.1 Å². The number of aromatic nitrogens is 2. The van der Waals surface area contributed by atoms with Gasteiger partial charge in [0.05, 0.1) is 30.1 Å². The van der Waals surface area contributed by atoms with Crippen LogP contribution in [0.5, 0.6) is 0 Å². The van der Waals surface area contributed by atoms with Gasteiger partial charge < -0.3 is 15.4 Å². The number of nitrogens with one attached hydrogen (secondary N) is 2. The zero-order valence-electron chi connectivity index (χ0n) is 16.6. The van der Waals surface area contributed by atoms with Crippen LogP contribution in [0.4, 0.5) is 10.5 Å². The second-order valence-corrected chi connectivity index (χ2v) is 7.37. The first-order valence-corrected chi connectivity index (χ1v) is 10.5. The van der Waals surface area contributed by atoms with Crippen LogP contribution < -0.4 is 16.2 Å². The molecule has 2 aromatic carbocycles. The molecule has 0 bridgehead atoms. The smallest absolute Gasteiger partial charge is 0.319 e. The Balaban J connectivity index is 1.83. The number of benzene rings is 2. The molecule has 3 aromatic rings. The number of thioether (sulfide) groups is 1. The lowest BCUT2D eigenvalue weighted by Gasteiger charge is -2.19. The average Bonchev–Trinajstić information content (AvgIpc) is 2.73. The Morgan fingerprint density at radius 2 is 1.93 bits per heavy atom. The fraction of sp³-hybridized carbons (Fsp3) is 0.286. The molecule has 0 spiro atoms. The summed E-state index contributed by atoms with van der Waals surface area (Å²) in [4.78, 5) is 31.1. The van der Waals surface area contributed by atoms with E-state index in [0.29, 0.717) is 35.6 Å². The predicted molar refractivity (Wildman–Crippen MR) is 117 cm³/mol. The molecule has 152 valence electrons. The monoisotopic (exact) mass is 412 g/mol. The summed E-state index contributed by atoms with van der Waals surface area (Å²) in [6, 6.07) is 13.9. The van der Waals surface area contributed by atoms with Gasteiger partial charge in [-0.15, -0.1) is 11.8 Å². The molecular formula is C21H24N4O3S. The summed E-state index contributed by atoms with van der Waals surface area (Å²) in [6.45, 7) is 2.52.